The third kappa shape index (κ3) is 3.46. The van der Waals surface area contributed by atoms with E-state index in [1.54, 1.807) is 11.3 Å². The predicted octanol–water partition coefficient (Wildman–Crippen LogP) is 4.31. The molecule has 0 aliphatic heterocycles. The van der Waals surface area contributed by atoms with E-state index in [1.807, 2.05) is 0 Å². The van der Waals surface area contributed by atoms with E-state index >= 15 is 0 Å². The van der Waals surface area contributed by atoms with Crippen molar-refractivity contribution in [2.24, 2.45) is 0 Å². The molecule has 1 N–H and O–H groups in total. The summed E-state index contributed by atoms with van der Waals surface area (Å²) in [5.41, 5.74) is 0. The summed E-state index contributed by atoms with van der Waals surface area (Å²) in [4.78, 5) is 14.3. The fourth-order valence-electron chi connectivity index (χ4n) is 2.42. The summed E-state index contributed by atoms with van der Waals surface area (Å²) >= 11 is 1.78. The molecule has 2 heterocycles. The van der Waals surface area contributed by atoms with E-state index in [0.717, 1.165) is 42.5 Å². The van der Waals surface area contributed by atoms with E-state index in [2.05, 4.69) is 55.9 Å². The smallest absolute Gasteiger partial charge is 0.226 e. The summed E-state index contributed by atoms with van der Waals surface area (Å²) in [6.45, 7) is 12.8. The molecule has 0 atom stereocenters. The fourth-order valence-corrected chi connectivity index (χ4v) is 3.39. The van der Waals surface area contributed by atoms with Crippen molar-refractivity contribution < 1.29 is 0 Å². The number of rotatable bonds is 7. The Labute approximate surface area is 131 Å². The highest BCUT2D eigenvalue weighted by molar-refractivity contribution is 7.18. The van der Waals surface area contributed by atoms with Gasteiger partial charge >= 0.3 is 0 Å². The lowest BCUT2D eigenvalue weighted by Crippen LogP contribution is -2.31. The first kappa shape index (κ1) is 16.0. The van der Waals surface area contributed by atoms with E-state index < -0.39 is 0 Å². The van der Waals surface area contributed by atoms with Gasteiger partial charge in [0, 0.05) is 24.0 Å². The Morgan fingerprint density at radius 1 is 1.24 bits per heavy atom. The van der Waals surface area contributed by atoms with Crippen molar-refractivity contribution >= 4 is 33.3 Å². The average Bonchev–Trinajstić information content (AvgIpc) is 2.88. The van der Waals surface area contributed by atoms with Crippen molar-refractivity contribution in [3.8, 4) is 0 Å². The van der Waals surface area contributed by atoms with Gasteiger partial charge in [0.1, 0.15) is 10.6 Å². The molecule has 0 amide bonds. The zero-order chi connectivity index (χ0) is 15.4. The number of anilines is 2. The molecule has 0 radical (unpaired) electrons. The van der Waals surface area contributed by atoms with Crippen LogP contribution in [0.2, 0.25) is 0 Å². The van der Waals surface area contributed by atoms with E-state index in [0.29, 0.717) is 6.04 Å². The molecule has 2 aromatic heterocycles. The Balaban J connectivity index is 2.54. The SMILES string of the molecule is CCCNc1nc(N(CC)C(C)C)c2cc(CC)sc2n1. The number of hydrogen-bond donors (Lipinski definition) is 1. The van der Waals surface area contributed by atoms with Gasteiger partial charge in [-0.25, -0.2) is 4.98 Å². The second-order valence-electron chi connectivity index (χ2n) is 5.46. The molecule has 0 bridgehead atoms. The lowest BCUT2D eigenvalue weighted by molar-refractivity contribution is 0.696. The van der Waals surface area contributed by atoms with Crippen LogP contribution in [0.1, 0.15) is 45.9 Å². The summed E-state index contributed by atoms with van der Waals surface area (Å²) in [7, 11) is 0. The Hall–Kier alpha value is -1.36. The Bertz CT molecular complexity index is 591. The van der Waals surface area contributed by atoms with Gasteiger partial charge in [0.15, 0.2) is 0 Å². The van der Waals surface area contributed by atoms with Crippen LogP contribution >= 0.6 is 11.3 Å². The van der Waals surface area contributed by atoms with Gasteiger partial charge in [0.05, 0.1) is 5.39 Å². The maximum atomic E-state index is 4.79. The number of aromatic nitrogens is 2. The van der Waals surface area contributed by atoms with Crippen molar-refractivity contribution in [1.82, 2.24) is 9.97 Å². The largest absolute Gasteiger partial charge is 0.354 e. The first-order valence-corrected chi connectivity index (χ1v) is 8.73. The molecule has 0 saturated heterocycles. The number of fused-ring (bicyclic) bond motifs is 1. The lowest BCUT2D eigenvalue weighted by Gasteiger charge is -2.27. The fraction of sp³-hybridized carbons (Fsp3) is 0.625. The van der Waals surface area contributed by atoms with Crippen LogP contribution in [0.3, 0.4) is 0 Å². The molecule has 116 valence electrons. The maximum absolute atomic E-state index is 4.79. The van der Waals surface area contributed by atoms with Crippen LogP contribution in [-0.2, 0) is 6.42 Å². The van der Waals surface area contributed by atoms with Gasteiger partial charge in [-0.15, -0.1) is 11.3 Å². The molecule has 0 aliphatic rings. The first-order chi connectivity index (χ1) is 10.1. The monoisotopic (exact) mass is 306 g/mol. The molecular weight excluding hydrogens is 280 g/mol. The van der Waals surface area contributed by atoms with E-state index in [1.165, 1.54) is 10.3 Å². The van der Waals surface area contributed by atoms with E-state index in [4.69, 9.17) is 4.98 Å². The highest BCUT2D eigenvalue weighted by atomic mass is 32.1. The number of thiophene rings is 1. The molecule has 0 saturated carbocycles. The second kappa shape index (κ2) is 7.07. The van der Waals surface area contributed by atoms with Gasteiger partial charge in [0.25, 0.3) is 0 Å². The molecule has 4 nitrogen and oxygen atoms in total. The minimum absolute atomic E-state index is 0.428. The van der Waals surface area contributed by atoms with Crippen LogP contribution in [0.15, 0.2) is 6.07 Å². The number of hydrogen-bond acceptors (Lipinski definition) is 5. The van der Waals surface area contributed by atoms with Crippen LogP contribution in [-0.4, -0.2) is 29.1 Å². The van der Waals surface area contributed by atoms with Crippen LogP contribution < -0.4 is 10.2 Å². The summed E-state index contributed by atoms with van der Waals surface area (Å²) in [5.74, 6) is 1.81. The number of nitrogens with zero attached hydrogens (tertiary/aromatic N) is 3. The van der Waals surface area contributed by atoms with Gasteiger partial charge in [0.2, 0.25) is 5.95 Å². The Morgan fingerprint density at radius 2 is 2.00 bits per heavy atom. The lowest BCUT2D eigenvalue weighted by atomic mass is 10.2. The number of nitrogens with one attached hydrogen (secondary N) is 1. The van der Waals surface area contributed by atoms with E-state index in [9.17, 15) is 0 Å². The van der Waals surface area contributed by atoms with Crippen molar-refractivity contribution in [2.45, 2.75) is 53.5 Å². The molecule has 2 aromatic rings. The zero-order valence-electron chi connectivity index (χ0n) is 13.7. The molecule has 0 spiro atoms. The molecular formula is C16H26N4S. The predicted molar refractivity (Wildman–Crippen MR) is 93.7 cm³/mol. The number of aryl methyl sites for hydroxylation is 1. The molecule has 21 heavy (non-hydrogen) atoms. The topological polar surface area (TPSA) is 41.1 Å². The highest BCUT2D eigenvalue weighted by Gasteiger charge is 2.17. The van der Waals surface area contributed by atoms with Crippen LogP contribution in [0, 0.1) is 0 Å². The zero-order valence-corrected chi connectivity index (χ0v) is 14.5. The molecule has 2 rings (SSSR count). The summed E-state index contributed by atoms with van der Waals surface area (Å²) in [6.07, 6.45) is 2.12. The van der Waals surface area contributed by atoms with Crippen LogP contribution in [0.5, 0.6) is 0 Å². The Morgan fingerprint density at radius 3 is 2.57 bits per heavy atom. The van der Waals surface area contributed by atoms with Gasteiger partial charge in [-0.2, -0.15) is 4.98 Å². The van der Waals surface area contributed by atoms with Gasteiger partial charge in [-0.3, -0.25) is 0 Å². The highest BCUT2D eigenvalue weighted by Crippen LogP contribution is 2.33. The first-order valence-electron chi connectivity index (χ1n) is 7.91. The summed E-state index contributed by atoms with van der Waals surface area (Å²) in [5, 5.41) is 4.52. The third-order valence-corrected chi connectivity index (χ3v) is 4.71. The maximum Gasteiger partial charge on any atom is 0.226 e. The van der Waals surface area contributed by atoms with Crippen molar-refractivity contribution in [3.63, 3.8) is 0 Å². The second-order valence-corrected chi connectivity index (χ2v) is 6.58. The minimum Gasteiger partial charge on any atom is -0.354 e. The average molecular weight is 306 g/mol. The van der Waals surface area contributed by atoms with E-state index in [-0.39, 0.29) is 0 Å². The summed E-state index contributed by atoms with van der Waals surface area (Å²) in [6, 6.07) is 2.68. The Kier molecular flexibility index (Phi) is 5.39. The van der Waals surface area contributed by atoms with Crippen LogP contribution in [0.25, 0.3) is 10.2 Å². The van der Waals surface area contributed by atoms with Gasteiger partial charge < -0.3 is 10.2 Å². The van der Waals surface area contributed by atoms with Gasteiger partial charge in [-0.1, -0.05) is 13.8 Å². The molecule has 5 heteroatoms. The van der Waals surface area contributed by atoms with Crippen molar-refractivity contribution in [1.29, 1.82) is 0 Å². The van der Waals surface area contributed by atoms with Crippen molar-refractivity contribution in [3.05, 3.63) is 10.9 Å². The van der Waals surface area contributed by atoms with Crippen LogP contribution in [0.4, 0.5) is 11.8 Å². The minimum atomic E-state index is 0.428. The normalized spacial score (nSPS) is 11.3. The van der Waals surface area contributed by atoms with Crippen molar-refractivity contribution in [2.75, 3.05) is 23.3 Å². The molecule has 0 unspecified atom stereocenters. The molecule has 0 aliphatic carbocycles. The molecule has 0 fully saturated rings. The quantitative estimate of drug-likeness (QED) is 0.827. The van der Waals surface area contributed by atoms with Gasteiger partial charge in [-0.05, 0) is 39.7 Å². The third-order valence-electron chi connectivity index (χ3n) is 3.54. The molecule has 0 aromatic carbocycles. The standard InChI is InChI=1S/C16H26N4S/c1-6-9-17-16-18-14(20(8-3)11(4)5)13-10-12(7-2)21-15(13)19-16/h10-11H,6-9H2,1-5H3,(H,17,18,19). The summed E-state index contributed by atoms with van der Waals surface area (Å²) < 4.78 is 0.